The quantitative estimate of drug-likeness (QED) is 0.459. The average Bonchev–Trinajstić information content (AvgIpc) is 1.77. The van der Waals surface area contributed by atoms with Crippen molar-refractivity contribution in [3.05, 3.63) is 24.3 Å². The van der Waals surface area contributed by atoms with Gasteiger partial charge in [-0.3, -0.25) is 0 Å². The van der Waals surface area contributed by atoms with E-state index in [2.05, 4.69) is 0 Å². The topological polar surface area (TPSA) is 72.0 Å². The molecule has 0 saturated heterocycles. The summed E-state index contributed by atoms with van der Waals surface area (Å²) in [5.74, 6) is -0.153. The minimum Gasteiger partial charge on any atom is -0.504 e. The molecule has 0 amide bonds. The van der Waals surface area contributed by atoms with Crippen molar-refractivity contribution < 1.29 is 35.2 Å². The fourth-order valence-electron chi connectivity index (χ4n) is 0.464. The van der Waals surface area contributed by atoms with E-state index in [4.69, 9.17) is 10.2 Å². The van der Waals surface area contributed by atoms with Gasteiger partial charge in [-0.25, -0.2) is 0 Å². The van der Waals surface area contributed by atoms with E-state index >= 15 is 0 Å². The van der Waals surface area contributed by atoms with Gasteiger partial charge in [0.15, 0.2) is 11.5 Å². The summed E-state index contributed by atoms with van der Waals surface area (Å²) in [7, 11) is 0. The van der Waals surface area contributed by atoms with Crippen LogP contribution in [0.4, 0.5) is 0 Å². The third-order valence-corrected chi connectivity index (χ3v) is 0.882. The summed E-state index contributed by atoms with van der Waals surface area (Å²) in [4.78, 5) is 0. The van der Waals surface area contributed by atoms with Crippen LogP contribution >= 0.6 is 0 Å². The number of phenols is 2. The molecule has 0 atom stereocenters. The number of rotatable bonds is 0. The molecular formula is C6H8O3Zn. The summed E-state index contributed by atoms with van der Waals surface area (Å²) in [6.07, 6.45) is 0. The fraction of sp³-hybridized carbons (Fsp3) is 0. The Hall–Kier alpha value is -0.597. The molecule has 52 valence electrons. The molecule has 0 aliphatic carbocycles. The largest absolute Gasteiger partial charge is 0.504 e. The van der Waals surface area contributed by atoms with Gasteiger partial charge in [0.2, 0.25) is 0 Å². The monoisotopic (exact) mass is 192 g/mol. The molecule has 0 aromatic heterocycles. The van der Waals surface area contributed by atoms with Crippen molar-refractivity contribution in [1.29, 1.82) is 0 Å². The first-order valence-electron chi connectivity index (χ1n) is 2.27. The number of phenolic OH excluding ortho intramolecular Hbond substituents is 2. The summed E-state index contributed by atoms with van der Waals surface area (Å²) >= 11 is 0. The minimum atomic E-state index is -0.0764. The van der Waals surface area contributed by atoms with Crippen LogP contribution in [0.1, 0.15) is 0 Å². The van der Waals surface area contributed by atoms with Gasteiger partial charge in [-0.1, -0.05) is 12.1 Å². The van der Waals surface area contributed by atoms with Crippen LogP contribution in [0.5, 0.6) is 11.5 Å². The van der Waals surface area contributed by atoms with Crippen LogP contribution in [0, 0.1) is 0 Å². The van der Waals surface area contributed by atoms with E-state index in [9.17, 15) is 0 Å². The Morgan fingerprint density at radius 2 is 1.20 bits per heavy atom. The first kappa shape index (κ1) is 12.1. The molecule has 0 bridgehead atoms. The zero-order chi connectivity index (χ0) is 5.98. The number of hydrogen-bond acceptors (Lipinski definition) is 2. The second-order valence-corrected chi connectivity index (χ2v) is 1.49. The van der Waals surface area contributed by atoms with E-state index in [-0.39, 0.29) is 36.5 Å². The molecule has 4 heteroatoms. The molecule has 0 aliphatic heterocycles. The second kappa shape index (κ2) is 5.21. The van der Waals surface area contributed by atoms with Crippen molar-refractivity contribution in [3.8, 4) is 11.5 Å². The van der Waals surface area contributed by atoms with Crippen LogP contribution < -0.4 is 0 Å². The van der Waals surface area contributed by atoms with Crippen LogP contribution in [0.3, 0.4) is 0 Å². The van der Waals surface area contributed by atoms with Gasteiger partial charge in [-0.2, -0.15) is 0 Å². The molecule has 0 spiro atoms. The summed E-state index contributed by atoms with van der Waals surface area (Å²) in [6.45, 7) is 0. The summed E-state index contributed by atoms with van der Waals surface area (Å²) in [5, 5.41) is 17.3. The van der Waals surface area contributed by atoms with Crippen LogP contribution in [0.25, 0.3) is 0 Å². The number of para-hydroxylation sites is 2. The maximum Gasteiger partial charge on any atom is 0.157 e. The van der Waals surface area contributed by atoms with Gasteiger partial charge < -0.3 is 15.7 Å². The normalized spacial score (nSPS) is 7.20. The molecule has 4 N–H and O–H groups in total. The van der Waals surface area contributed by atoms with Crippen molar-refractivity contribution in [1.82, 2.24) is 0 Å². The molecule has 3 nitrogen and oxygen atoms in total. The van der Waals surface area contributed by atoms with E-state index in [0.717, 1.165) is 0 Å². The second-order valence-electron chi connectivity index (χ2n) is 1.49. The summed E-state index contributed by atoms with van der Waals surface area (Å²) in [5.41, 5.74) is 0. The first-order chi connectivity index (χ1) is 3.80. The molecule has 0 saturated carbocycles. The smallest absolute Gasteiger partial charge is 0.157 e. The van der Waals surface area contributed by atoms with E-state index in [0.29, 0.717) is 0 Å². The predicted molar refractivity (Wildman–Crippen MR) is 33.4 cm³/mol. The number of aromatic hydroxyl groups is 2. The first-order valence-corrected chi connectivity index (χ1v) is 2.27. The maximum atomic E-state index is 8.67. The summed E-state index contributed by atoms with van der Waals surface area (Å²) in [6, 6.07) is 6.15. The molecule has 1 rings (SSSR count). The van der Waals surface area contributed by atoms with Gasteiger partial charge in [-0.05, 0) is 12.1 Å². The van der Waals surface area contributed by atoms with Crippen LogP contribution in [0.2, 0.25) is 0 Å². The molecule has 0 fully saturated rings. The fourth-order valence-corrected chi connectivity index (χ4v) is 0.464. The van der Waals surface area contributed by atoms with E-state index < -0.39 is 0 Å². The van der Waals surface area contributed by atoms with Gasteiger partial charge in [0.05, 0.1) is 0 Å². The Labute approximate surface area is 71.4 Å². The van der Waals surface area contributed by atoms with E-state index in [1.165, 1.54) is 12.1 Å². The molecule has 0 aliphatic rings. The third kappa shape index (κ3) is 2.80. The Morgan fingerprint density at radius 1 is 0.900 bits per heavy atom. The van der Waals surface area contributed by atoms with Crippen LogP contribution in [0.15, 0.2) is 24.3 Å². The molecule has 1 aromatic carbocycles. The SMILES string of the molecule is O.Oc1ccccc1O.[Zn]. The summed E-state index contributed by atoms with van der Waals surface area (Å²) < 4.78 is 0. The Kier molecular flexibility index (Phi) is 6.31. The van der Waals surface area contributed by atoms with Crippen molar-refractivity contribution in [2.45, 2.75) is 0 Å². The molecule has 0 radical (unpaired) electrons. The van der Waals surface area contributed by atoms with E-state index in [1.54, 1.807) is 12.1 Å². The van der Waals surface area contributed by atoms with Crippen LogP contribution in [-0.2, 0) is 19.5 Å². The molecule has 0 unspecified atom stereocenters. The molecule has 10 heavy (non-hydrogen) atoms. The molecule has 1 aromatic rings. The Balaban J connectivity index is 0. The van der Waals surface area contributed by atoms with Gasteiger partial charge in [0.25, 0.3) is 0 Å². The third-order valence-electron chi connectivity index (χ3n) is 0.882. The Bertz CT molecular complexity index is 169. The zero-order valence-corrected chi connectivity index (χ0v) is 8.38. The van der Waals surface area contributed by atoms with Gasteiger partial charge >= 0.3 is 0 Å². The predicted octanol–water partition coefficient (Wildman–Crippen LogP) is 0.271. The van der Waals surface area contributed by atoms with Gasteiger partial charge in [-0.15, -0.1) is 0 Å². The standard InChI is InChI=1S/C6H6O2.H2O.Zn/c7-5-3-1-2-4-6(5)8;;/h1-4,7-8H;1H2;. The van der Waals surface area contributed by atoms with Crippen molar-refractivity contribution >= 4 is 0 Å². The zero-order valence-electron chi connectivity index (χ0n) is 5.41. The number of hydrogen-bond donors (Lipinski definition) is 2. The number of benzene rings is 1. The van der Waals surface area contributed by atoms with Crippen LogP contribution in [-0.4, -0.2) is 15.7 Å². The van der Waals surface area contributed by atoms with Crippen molar-refractivity contribution in [2.24, 2.45) is 0 Å². The van der Waals surface area contributed by atoms with Crippen molar-refractivity contribution in [3.63, 3.8) is 0 Å². The minimum absolute atomic E-state index is 0. The van der Waals surface area contributed by atoms with Gasteiger partial charge in [0, 0.05) is 19.5 Å². The molecule has 0 heterocycles. The van der Waals surface area contributed by atoms with Gasteiger partial charge in [0.1, 0.15) is 0 Å². The van der Waals surface area contributed by atoms with E-state index in [1.807, 2.05) is 0 Å². The Morgan fingerprint density at radius 3 is 1.40 bits per heavy atom. The average molecular weight is 194 g/mol. The van der Waals surface area contributed by atoms with Crippen molar-refractivity contribution in [2.75, 3.05) is 0 Å². The maximum absolute atomic E-state index is 8.67. The molecular weight excluding hydrogens is 185 g/mol.